The number of nitrogens with zero attached hydrogens (tertiary/aromatic N) is 2. The van der Waals surface area contributed by atoms with Gasteiger partial charge in [0.2, 0.25) is 0 Å². The van der Waals surface area contributed by atoms with Gasteiger partial charge in [0.1, 0.15) is 5.75 Å². The monoisotopic (exact) mass is 408 g/mol. The highest BCUT2D eigenvalue weighted by molar-refractivity contribution is 7.92. The van der Waals surface area contributed by atoms with Gasteiger partial charge in [0, 0.05) is 41.3 Å². The number of aromatic nitrogens is 2. The van der Waals surface area contributed by atoms with E-state index >= 15 is 0 Å². The van der Waals surface area contributed by atoms with Crippen LogP contribution in [-0.2, 0) is 16.3 Å². The molecule has 0 unspecified atom stereocenters. The third kappa shape index (κ3) is 5.20. The summed E-state index contributed by atoms with van der Waals surface area (Å²) >= 11 is 0. The topological polar surface area (TPSA) is 94.1 Å². The predicted molar refractivity (Wildman–Crippen MR) is 109 cm³/mol. The Kier molecular flexibility index (Phi) is 5.98. The van der Waals surface area contributed by atoms with Crippen molar-refractivity contribution >= 4 is 21.4 Å². The third-order valence-corrected chi connectivity index (χ3v) is 6.07. The predicted octanol–water partition coefficient (Wildman–Crippen LogP) is 3.18. The molecule has 1 aromatic carbocycles. The number of ketones is 2. The maximum atomic E-state index is 12.6. The highest BCUT2D eigenvalue weighted by Crippen LogP contribution is 2.16. The van der Waals surface area contributed by atoms with E-state index in [2.05, 4.69) is 9.97 Å². The van der Waals surface area contributed by atoms with Gasteiger partial charge in [-0.05, 0) is 55.8 Å². The minimum Gasteiger partial charge on any atom is -0.294 e. The van der Waals surface area contributed by atoms with Gasteiger partial charge in [-0.3, -0.25) is 19.6 Å². The average molecular weight is 408 g/mol. The molecule has 0 atom stereocenters. The van der Waals surface area contributed by atoms with Crippen molar-refractivity contribution < 1.29 is 18.0 Å². The number of carbonyl (C=O) groups excluding carboxylic acids is 2. The lowest BCUT2D eigenvalue weighted by Crippen LogP contribution is -2.16. The minimum absolute atomic E-state index is 0.0409. The van der Waals surface area contributed by atoms with Gasteiger partial charge in [-0.2, -0.15) is 0 Å². The molecule has 0 radical (unpaired) electrons. The van der Waals surface area contributed by atoms with Crippen molar-refractivity contribution in [1.29, 1.82) is 0 Å². The smallest absolute Gasteiger partial charge is 0.185 e. The van der Waals surface area contributed by atoms with Gasteiger partial charge < -0.3 is 0 Å². The number of aryl methyl sites for hydroxylation is 2. The molecule has 2 aromatic heterocycles. The van der Waals surface area contributed by atoms with Crippen LogP contribution in [0.4, 0.5) is 0 Å². The van der Waals surface area contributed by atoms with Crippen LogP contribution in [0.5, 0.6) is 0 Å². The summed E-state index contributed by atoms with van der Waals surface area (Å²) in [6.07, 6.45) is 3.04. The van der Waals surface area contributed by atoms with Crippen LogP contribution in [0.15, 0.2) is 65.8 Å². The third-order valence-electron chi connectivity index (χ3n) is 4.43. The van der Waals surface area contributed by atoms with E-state index in [-0.39, 0.29) is 22.7 Å². The number of carbonyl (C=O) groups is 2. The second-order valence-electron chi connectivity index (χ2n) is 6.80. The summed E-state index contributed by atoms with van der Waals surface area (Å²) in [4.78, 5) is 32.8. The first-order valence-electron chi connectivity index (χ1n) is 8.98. The molecular formula is C22H20N2O4S. The van der Waals surface area contributed by atoms with Gasteiger partial charge in [-0.1, -0.05) is 12.1 Å². The van der Waals surface area contributed by atoms with Gasteiger partial charge in [-0.15, -0.1) is 0 Å². The van der Waals surface area contributed by atoms with Crippen LogP contribution >= 0.6 is 0 Å². The maximum absolute atomic E-state index is 12.6. The van der Waals surface area contributed by atoms with Crippen LogP contribution in [0.1, 0.15) is 37.7 Å². The lowest BCUT2D eigenvalue weighted by atomic mass is 10.0. The van der Waals surface area contributed by atoms with Gasteiger partial charge in [0.25, 0.3) is 0 Å². The maximum Gasteiger partial charge on any atom is 0.185 e. The van der Waals surface area contributed by atoms with Crippen molar-refractivity contribution in [3.63, 3.8) is 0 Å². The summed E-state index contributed by atoms with van der Waals surface area (Å²) in [6.45, 7) is 3.63. The van der Waals surface area contributed by atoms with Crippen molar-refractivity contribution in [2.45, 2.75) is 25.2 Å². The number of rotatable bonds is 7. The summed E-state index contributed by atoms with van der Waals surface area (Å²) in [7, 11) is -3.79. The molecule has 0 fully saturated rings. The normalized spacial score (nSPS) is 11.2. The molecule has 0 amide bonds. The Bertz CT molecular complexity index is 1130. The summed E-state index contributed by atoms with van der Waals surface area (Å²) in [5, 5.41) is 0. The fraction of sp³-hybridized carbons (Fsp3) is 0.182. The van der Waals surface area contributed by atoms with E-state index < -0.39 is 21.4 Å². The molecule has 0 N–H and O–H groups in total. The Morgan fingerprint density at radius 3 is 1.76 bits per heavy atom. The minimum atomic E-state index is -3.79. The second-order valence-corrected chi connectivity index (χ2v) is 8.79. The van der Waals surface area contributed by atoms with E-state index in [1.807, 2.05) is 6.92 Å². The Balaban J connectivity index is 1.69. The van der Waals surface area contributed by atoms with Gasteiger partial charge in [-0.25, -0.2) is 8.42 Å². The van der Waals surface area contributed by atoms with Gasteiger partial charge >= 0.3 is 0 Å². The molecule has 6 nitrogen and oxygen atoms in total. The molecule has 0 saturated heterocycles. The number of benzene rings is 1. The van der Waals surface area contributed by atoms with E-state index in [1.54, 1.807) is 43.3 Å². The van der Waals surface area contributed by atoms with Crippen molar-refractivity contribution in [2.24, 2.45) is 0 Å². The number of pyridine rings is 2. The number of hydrogen-bond acceptors (Lipinski definition) is 6. The quantitative estimate of drug-likeness (QED) is 0.558. The van der Waals surface area contributed by atoms with E-state index in [9.17, 15) is 18.0 Å². The zero-order valence-electron chi connectivity index (χ0n) is 16.1. The summed E-state index contributed by atoms with van der Waals surface area (Å²) in [6, 6.07) is 12.7. The Hall–Kier alpha value is -3.19. The van der Waals surface area contributed by atoms with E-state index in [1.165, 1.54) is 24.5 Å². The second kappa shape index (κ2) is 8.45. The zero-order valence-corrected chi connectivity index (χ0v) is 16.9. The van der Waals surface area contributed by atoms with Crippen LogP contribution in [0.2, 0.25) is 0 Å². The standard InChI is InChI=1S/C22H20N2O4S/c1-15-3-7-18(12-23-15)21(25)11-17-5-9-20(10-6-17)29(27,28)14-22(26)19-8-4-16(2)24-13-19/h3-10,12-13H,11,14H2,1-2H3. The number of Topliss-reactive ketones (excluding diaryl/α,β-unsaturated/α-hetero) is 2. The van der Waals surface area contributed by atoms with Crippen LogP contribution in [0, 0.1) is 13.8 Å². The van der Waals surface area contributed by atoms with Crippen molar-refractivity contribution in [2.75, 3.05) is 5.75 Å². The molecule has 0 aliphatic carbocycles. The number of sulfone groups is 1. The number of hydrogen-bond donors (Lipinski definition) is 0. The lowest BCUT2D eigenvalue weighted by Gasteiger charge is -2.06. The van der Waals surface area contributed by atoms with Crippen LogP contribution in [-0.4, -0.2) is 35.7 Å². The van der Waals surface area contributed by atoms with Crippen molar-refractivity contribution in [3.8, 4) is 0 Å². The van der Waals surface area contributed by atoms with Gasteiger partial charge in [0.05, 0.1) is 4.90 Å². The highest BCUT2D eigenvalue weighted by atomic mass is 32.2. The van der Waals surface area contributed by atoms with E-state index in [4.69, 9.17) is 0 Å². The van der Waals surface area contributed by atoms with Gasteiger partial charge in [0.15, 0.2) is 21.4 Å². The molecule has 0 bridgehead atoms. The molecule has 0 aliphatic heterocycles. The van der Waals surface area contributed by atoms with E-state index in [0.717, 1.165) is 11.4 Å². The molecule has 29 heavy (non-hydrogen) atoms. The van der Waals surface area contributed by atoms with Crippen LogP contribution in [0.25, 0.3) is 0 Å². The molecule has 0 spiro atoms. The molecule has 148 valence electrons. The molecule has 0 aliphatic rings. The Morgan fingerprint density at radius 1 is 0.759 bits per heavy atom. The largest absolute Gasteiger partial charge is 0.294 e. The summed E-state index contributed by atoms with van der Waals surface area (Å²) in [5.74, 6) is -1.25. The SMILES string of the molecule is Cc1ccc(C(=O)Cc2ccc(S(=O)(=O)CC(=O)c3ccc(C)nc3)cc2)cn1. The molecular weight excluding hydrogens is 388 g/mol. The fourth-order valence-electron chi connectivity index (χ4n) is 2.71. The Labute approximate surface area is 169 Å². The average Bonchev–Trinajstić information content (AvgIpc) is 2.69. The van der Waals surface area contributed by atoms with Crippen molar-refractivity contribution in [1.82, 2.24) is 9.97 Å². The van der Waals surface area contributed by atoms with E-state index in [0.29, 0.717) is 11.1 Å². The molecule has 3 aromatic rings. The van der Waals surface area contributed by atoms with Crippen LogP contribution in [0.3, 0.4) is 0 Å². The molecule has 2 heterocycles. The summed E-state index contributed by atoms with van der Waals surface area (Å²) in [5.41, 5.74) is 3.02. The summed E-state index contributed by atoms with van der Waals surface area (Å²) < 4.78 is 25.1. The molecule has 3 rings (SSSR count). The lowest BCUT2D eigenvalue weighted by molar-refractivity contribution is 0.0990. The first kappa shape index (κ1) is 20.5. The zero-order chi connectivity index (χ0) is 21.0. The van der Waals surface area contributed by atoms with Crippen LogP contribution < -0.4 is 0 Å². The van der Waals surface area contributed by atoms with Crippen molar-refractivity contribution in [3.05, 3.63) is 89.0 Å². The first-order valence-corrected chi connectivity index (χ1v) is 10.6. The molecule has 7 heteroatoms. The fourth-order valence-corrected chi connectivity index (χ4v) is 3.94. The first-order chi connectivity index (χ1) is 13.7. The highest BCUT2D eigenvalue weighted by Gasteiger charge is 2.21. The molecule has 0 saturated carbocycles. The Morgan fingerprint density at radius 2 is 1.28 bits per heavy atom.